The van der Waals surface area contributed by atoms with Crippen molar-refractivity contribution in [2.24, 2.45) is 0 Å². The second kappa shape index (κ2) is 6.34. The summed E-state index contributed by atoms with van der Waals surface area (Å²) in [6.07, 6.45) is 1.10. The predicted molar refractivity (Wildman–Crippen MR) is 74.9 cm³/mol. The van der Waals surface area contributed by atoms with E-state index in [0.717, 1.165) is 25.3 Å². The number of hydrogen-bond donors (Lipinski definition) is 0. The monoisotopic (exact) mass is 284 g/mol. The molecule has 0 saturated carbocycles. The van der Waals surface area contributed by atoms with E-state index in [1.807, 2.05) is 11.8 Å². The van der Waals surface area contributed by atoms with Crippen LogP contribution in [-0.2, 0) is 6.54 Å². The van der Waals surface area contributed by atoms with Crippen LogP contribution in [0.4, 0.5) is 10.1 Å². The van der Waals surface area contributed by atoms with Gasteiger partial charge in [-0.05, 0) is 6.42 Å². The molecule has 1 aliphatic heterocycles. The van der Waals surface area contributed by atoms with Crippen LogP contribution in [-0.4, -0.2) is 33.9 Å². The summed E-state index contributed by atoms with van der Waals surface area (Å²) in [6.45, 7) is 4.42. The van der Waals surface area contributed by atoms with Crippen molar-refractivity contribution in [1.29, 1.82) is 0 Å². The predicted octanol–water partition coefficient (Wildman–Crippen LogP) is 3.06. The standard InChI is InChI=1S/C13H17FN2O2S/c1-2-11-9-15(6-7-19-11)8-10-4-3-5-12(13(10)14)16(17)18/h3-5,11H,2,6-9H2,1H3. The number of nitrogens with zero attached hydrogens (tertiary/aromatic N) is 2. The molecule has 4 nitrogen and oxygen atoms in total. The zero-order valence-corrected chi connectivity index (χ0v) is 11.7. The minimum absolute atomic E-state index is 0.413. The van der Waals surface area contributed by atoms with Crippen LogP contribution in [0, 0.1) is 15.9 Å². The van der Waals surface area contributed by atoms with Gasteiger partial charge in [-0.25, -0.2) is 0 Å². The molecule has 1 fully saturated rings. The van der Waals surface area contributed by atoms with Crippen molar-refractivity contribution in [1.82, 2.24) is 4.90 Å². The largest absolute Gasteiger partial charge is 0.305 e. The summed E-state index contributed by atoms with van der Waals surface area (Å²) >= 11 is 1.95. The molecule has 1 aromatic rings. The van der Waals surface area contributed by atoms with Gasteiger partial charge < -0.3 is 0 Å². The highest BCUT2D eigenvalue weighted by molar-refractivity contribution is 8.00. The number of nitro benzene ring substituents is 1. The average molecular weight is 284 g/mol. The van der Waals surface area contributed by atoms with Gasteiger partial charge in [0.2, 0.25) is 5.82 Å². The molecule has 19 heavy (non-hydrogen) atoms. The van der Waals surface area contributed by atoms with E-state index in [1.165, 1.54) is 6.07 Å². The van der Waals surface area contributed by atoms with E-state index in [1.54, 1.807) is 12.1 Å². The van der Waals surface area contributed by atoms with Gasteiger partial charge in [0.25, 0.3) is 0 Å². The number of rotatable bonds is 4. The van der Waals surface area contributed by atoms with E-state index in [2.05, 4.69) is 11.8 Å². The van der Waals surface area contributed by atoms with Crippen LogP contribution in [0.15, 0.2) is 18.2 Å². The first kappa shape index (κ1) is 14.3. The van der Waals surface area contributed by atoms with E-state index >= 15 is 0 Å². The normalized spacial score (nSPS) is 20.4. The van der Waals surface area contributed by atoms with Crippen molar-refractivity contribution in [2.75, 3.05) is 18.8 Å². The first-order chi connectivity index (χ1) is 9.11. The summed E-state index contributed by atoms with van der Waals surface area (Å²) in [4.78, 5) is 12.2. The molecule has 1 atom stereocenters. The lowest BCUT2D eigenvalue weighted by atomic mass is 10.1. The molecule has 1 saturated heterocycles. The van der Waals surface area contributed by atoms with Gasteiger partial charge in [0.1, 0.15) is 0 Å². The van der Waals surface area contributed by atoms with Gasteiger partial charge in [-0.2, -0.15) is 16.2 Å². The molecule has 1 heterocycles. The van der Waals surface area contributed by atoms with E-state index in [4.69, 9.17) is 0 Å². The molecular weight excluding hydrogens is 267 g/mol. The molecule has 6 heteroatoms. The summed E-state index contributed by atoms with van der Waals surface area (Å²) in [7, 11) is 0. The number of halogens is 1. The minimum Gasteiger partial charge on any atom is -0.297 e. The third kappa shape index (κ3) is 3.45. The Morgan fingerprint density at radius 2 is 2.37 bits per heavy atom. The van der Waals surface area contributed by atoms with Gasteiger partial charge in [0.05, 0.1) is 4.92 Å². The lowest BCUT2D eigenvalue weighted by Gasteiger charge is -2.31. The Balaban J connectivity index is 2.10. The maximum Gasteiger partial charge on any atom is 0.305 e. The Bertz CT molecular complexity index is 470. The maximum atomic E-state index is 14.0. The summed E-state index contributed by atoms with van der Waals surface area (Å²) in [6, 6.07) is 4.39. The van der Waals surface area contributed by atoms with Crippen molar-refractivity contribution in [2.45, 2.75) is 25.1 Å². The summed E-state index contributed by atoms with van der Waals surface area (Å²) < 4.78 is 14.0. The van der Waals surface area contributed by atoms with Crippen molar-refractivity contribution in [3.8, 4) is 0 Å². The lowest BCUT2D eigenvalue weighted by molar-refractivity contribution is -0.387. The third-order valence-electron chi connectivity index (χ3n) is 3.33. The van der Waals surface area contributed by atoms with Crippen LogP contribution in [0.1, 0.15) is 18.9 Å². The second-order valence-electron chi connectivity index (χ2n) is 4.64. The van der Waals surface area contributed by atoms with Crippen molar-refractivity contribution in [3.63, 3.8) is 0 Å². The molecule has 0 N–H and O–H groups in total. The van der Waals surface area contributed by atoms with Gasteiger partial charge in [0.15, 0.2) is 0 Å². The molecular formula is C13H17FN2O2S. The summed E-state index contributed by atoms with van der Waals surface area (Å²) in [5.74, 6) is 0.341. The molecule has 1 unspecified atom stereocenters. The zero-order valence-electron chi connectivity index (χ0n) is 10.8. The molecule has 1 aliphatic rings. The maximum absolute atomic E-state index is 14.0. The van der Waals surface area contributed by atoms with Crippen LogP contribution in [0.3, 0.4) is 0 Å². The van der Waals surface area contributed by atoms with E-state index < -0.39 is 16.4 Å². The van der Waals surface area contributed by atoms with Crippen molar-refractivity contribution >= 4 is 17.4 Å². The second-order valence-corrected chi connectivity index (χ2v) is 6.05. The Morgan fingerprint density at radius 1 is 1.58 bits per heavy atom. The molecule has 0 bridgehead atoms. The number of nitro groups is 1. The van der Waals surface area contributed by atoms with Crippen molar-refractivity contribution in [3.05, 3.63) is 39.7 Å². The van der Waals surface area contributed by atoms with Gasteiger partial charge in [0, 0.05) is 42.3 Å². The Morgan fingerprint density at radius 3 is 3.05 bits per heavy atom. The summed E-state index contributed by atoms with van der Waals surface area (Å²) in [5, 5.41) is 11.3. The first-order valence-electron chi connectivity index (χ1n) is 6.37. The molecule has 1 aromatic carbocycles. The quantitative estimate of drug-likeness (QED) is 0.629. The highest BCUT2D eigenvalue weighted by atomic mass is 32.2. The Labute approximate surface area is 116 Å². The molecule has 0 radical (unpaired) electrons. The van der Waals surface area contributed by atoms with Crippen LogP contribution in [0.25, 0.3) is 0 Å². The van der Waals surface area contributed by atoms with Crippen molar-refractivity contribution < 1.29 is 9.31 Å². The van der Waals surface area contributed by atoms with Crippen LogP contribution in [0.5, 0.6) is 0 Å². The molecule has 0 aromatic heterocycles. The fraction of sp³-hybridized carbons (Fsp3) is 0.538. The Hall–Kier alpha value is -1.14. The van der Waals surface area contributed by atoms with Crippen LogP contribution in [0.2, 0.25) is 0 Å². The van der Waals surface area contributed by atoms with Gasteiger partial charge >= 0.3 is 5.69 Å². The van der Waals surface area contributed by atoms with Crippen LogP contribution < -0.4 is 0 Å². The molecule has 0 spiro atoms. The molecule has 0 aliphatic carbocycles. The highest BCUT2D eigenvalue weighted by Gasteiger charge is 2.22. The molecule has 2 rings (SSSR count). The molecule has 0 amide bonds. The third-order valence-corrected chi connectivity index (χ3v) is 4.70. The van der Waals surface area contributed by atoms with Gasteiger partial charge in [-0.1, -0.05) is 19.1 Å². The smallest absolute Gasteiger partial charge is 0.297 e. The zero-order chi connectivity index (χ0) is 13.8. The SMILES string of the molecule is CCC1CN(Cc2cccc([N+](=O)[O-])c2F)CCS1. The molecule has 104 valence electrons. The van der Waals surface area contributed by atoms with Gasteiger partial charge in [-0.3, -0.25) is 15.0 Å². The average Bonchev–Trinajstić information content (AvgIpc) is 2.41. The van der Waals surface area contributed by atoms with E-state index in [9.17, 15) is 14.5 Å². The fourth-order valence-electron chi connectivity index (χ4n) is 2.24. The summed E-state index contributed by atoms with van der Waals surface area (Å²) in [5.41, 5.74) is -0.0214. The fourth-order valence-corrected chi connectivity index (χ4v) is 3.49. The first-order valence-corrected chi connectivity index (χ1v) is 7.42. The van der Waals surface area contributed by atoms with E-state index in [0.29, 0.717) is 17.4 Å². The highest BCUT2D eigenvalue weighted by Crippen LogP contribution is 2.25. The minimum atomic E-state index is -0.696. The van der Waals surface area contributed by atoms with Gasteiger partial charge in [-0.15, -0.1) is 0 Å². The number of thioether (sulfide) groups is 1. The lowest BCUT2D eigenvalue weighted by Crippen LogP contribution is -2.37. The topological polar surface area (TPSA) is 46.4 Å². The Kier molecular flexibility index (Phi) is 4.76. The van der Waals surface area contributed by atoms with Crippen LogP contribution >= 0.6 is 11.8 Å². The van der Waals surface area contributed by atoms with E-state index in [-0.39, 0.29) is 0 Å². The number of benzene rings is 1. The number of hydrogen-bond acceptors (Lipinski definition) is 4.